The van der Waals surface area contributed by atoms with Gasteiger partial charge in [-0.2, -0.15) is 0 Å². The highest BCUT2D eigenvalue weighted by atomic mass is 35.5. The van der Waals surface area contributed by atoms with Crippen LogP contribution in [0.2, 0.25) is 5.02 Å². The number of benzene rings is 2. The molecule has 1 amide bonds. The summed E-state index contributed by atoms with van der Waals surface area (Å²) in [6, 6.07) is 12.8. The number of halogens is 1. The lowest BCUT2D eigenvalue weighted by Crippen LogP contribution is -2.23. The first-order chi connectivity index (χ1) is 10.1. The lowest BCUT2D eigenvalue weighted by molar-refractivity contribution is 0.0956. The van der Waals surface area contributed by atoms with Gasteiger partial charge in [0.25, 0.3) is 5.91 Å². The molecule has 2 aromatic rings. The molecule has 0 saturated heterocycles. The van der Waals surface area contributed by atoms with Gasteiger partial charge < -0.3 is 16.4 Å². The second kappa shape index (κ2) is 6.99. The number of nitrogens with one attached hydrogen (secondary N) is 2. The van der Waals surface area contributed by atoms with Crippen LogP contribution in [-0.4, -0.2) is 12.5 Å². The molecular weight excluding hydrogens is 286 g/mol. The van der Waals surface area contributed by atoms with Gasteiger partial charge in [-0.05, 0) is 42.8 Å². The zero-order valence-electron chi connectivity index (χ0n) is 11.8. The van der Waals surface area contributed by atoms with Crippen molar-refractivity contribution in [1.82, 2.24) is 5.32 Å². The van der Waals surface area contributed by atoms with Crippen LogP contribution < -0.4 is 16.4 Å². The van der Waals surface area contributed by atoms with Gasteiger partial charge in [0, 0.05) is 29.5 Å². The molecule has 0 aliphatic heterocycles. The standard InChI is InChI=1S/C16H18ClN3O/c1-2-19-16(21)14-7-6-13(18)9-15(14)20-10-11-4-3-5-12(17)8-11/h3-9,20H,2,10,18H2,1H3,(H,19,21). The molecule has 0 saturated carbocycles. The third kappa shape index (κ3) is 4.13. The molecule has 0 unspecified atom stereocenters. The second-order valence-electron chi connectivity index (χ2n) is 4.65. The highest BCUT2D eigenvalue weighted by Crippen LogP contribution is 2.21. The minimum absolute atomic E-state index is 0.119. The Morgan fingerprint density at radius 1 is 1.24 bits per heavy atom. The summed E-state index contributed by atoms with van der Waals surface area (Å²) in [7, 11) is 0. The Morgan fingerprint density at radius 2 is 2.05 bits per heavy atom. The van der Waals surface area contributed by atoms with Crippen LogP contribution in [0.4, 0.5) is 11.4 Å². The average molecular weight is 304 g/mol. The smallest absolute Gasteiger partial charge is 0.253 e. The molecule has 0 fully saturated rings. The summed E-state index contributed by atoms with van der Waals surface area (Å²) in [5, 5.41) is 6.71. The molecule has 110 valence electrons. The molecule has 0 atom stereocenters. The Hall–Kier alpha value is -2.20. The fourth-order valence-corrected chi connectivity index (χ4v) is 2.22. The molecule has 2 aromatic carbocycles. The molecule has 5 heteroatoms. The summed E-state index contributed by atoms with van der Waals surface area (Å²) in [4.78, 5) is 12.0. The van der Waals surface area contributed by atoms with Gasteiger partial charge in [-0.25, -0.2) is 0 Å². The summed E-state index contributed by atoms with van der Waals surface area (Å²) in [5.41, 5.74) is 8.73. The van der Waals surface area contributed by atoms with Crippen molar-refractivity contribution >= 4 is 28.9 Å². The number of hydrogen-bond donors (Lipinski definition) is 3. The molecule has 0 heterocycles. The Labute approximate surface area is 129 Å². The largest absolute Gasteiger partial charge is 0.399 e. The first-order valence-corrected chi connectivity index (χ1v) is 7.14. The normalized spacial score (nSPS) is 10.2. The van der Waals surface area contributed by atoms with Gasteiger partial charge in [0.2, 0.25) is 0 Å². The number of nitrogens with two attached hydrogens (primary N) is 1. The SMILES string of the molecule is CCNC(=O)c1ccc(N)cc1NCc1cccc(Cl)c1. The van der Waals surface area contributed by atoms with Crippen LogP contribution in [0.15, 0.2) is 42.5 Å². The molecule has 4 N–H and O–H groups in total. The quantitative estimate of drug-likeness (QED) is 0.743. The molecule has 0 radical (unpaired) electrons. The van der Waals surface area contributed by atoms with Gasteiger partial charge in [-0.15, -0.1) is 0 Å². The van der Waals surface area contributed by atoms with E-state index in [0.29, 0.717) is 35.1 Å². The number of nitrogen functional groups attached to an aromatic ring is 1. The molecule has 21 heavy (non-hydrogen) atoms. The van der Waals surface area contributed by atoms with Crippen molar-refractivity contribution in [3.8, 4) is 0 Å². The zero-order valence-corrected chi connectivity index (χ0v) is 12.6. The Balaban J connectivity index is 2.18. The molecule has 0 aliphatic carbocycles. The van der Waals surface area contributed by atoms with Crippen molar-refractivity contribution < 1.29 is 4.79 Å². The third-order valence-corrected chi connectivity index (χ3v) is 3.23. The van der Waals surface area contributed by atoms with Crippen LogP contribution in [0.1, 0.15) is 22.8 Å². The first kappa shape index (κ1) is 15.2. The van der Waals surface area contributed by atoms with E-state index in [1.54, 1.807) is 18.2 Å². The second-order valence-corrected chi connectivity index (χ2v) is 5.08. The van der Waals surface area contributed by atoms with Crippen LogP contribution in [-0.2, 0) is 6.54 Å². The molecule has 0 aromatic heterocycles. The van der Waals surface area contributed by atoms with Crippen LogP contribution in [0.3, 0.4) is 0 Å². The fourth-order valence-electron chi connectivity index (χ4n) is 2.01. The Kier molecular flexibility index (Phi) is 5.06. The number of carbonyl (C=O) groups excluding carboxylic acids is 1. The van der Waals surface area contributed by atoms with Crippen molar-refractivity contribution in [3.05, 3.63) is 58.6 Å². The van der Waals surface area contributed by atoms with Crippen LogP contribution in [0.5, 0.6) is 0 Å². The summed E-state index contributed by atoms with van der Waals surface area (Å²) in [6.45, 7) is 3.03. The number of carbonyl (C=O) groups is 1. The van der Waals surface area contributed by atoms with Gasteiger partial charge in [0.1, 0.15) is 0 Å². The zero-order chi connectivity index (χ0) is 15.2. The van der Waals surface area contributed by atoms with Crippen molar-refractivity contribution in [2.45, 2.75) is 13.5 Å². The topological polar surface area (TPSA) is 67.2 Å². The molecule has 4 nitrogen and oxygen atoms in total. The lowest BCUT2D eigenvalue weighted by atomic mass is 10.1. The van der Waals surface area contributed by atoms with E-state index in [1.165, 1.54) is 0 Å². The summed E-state index contributed by atoms with van der Waals surface area (Å²) in [6.07, 6.45) is 0. The number of hydrogen-bond acceptors (Lipinski definition) is 3. The predicted molar refractivity (Wildman–Crippen MR) is 87.6 cm³/mol. The van der Waals surface area contributed by atoms with Gasteiger partial charge in [0.15, 0.2) is 0 Å². The van der Waals surface area contributed by atoms with E-state index in [1.807, 2.05) is 31.2 Å². The van der Waals surface area contributed by atoms with E-state index in [2.05, 4.69) is 10.6 Å². The summed E-state index contributed by atoms with van der Waals surface area (Å²) >= 11 is 5.96. The maximum atomic E-state index is 12.0. The molecule has 0 aliphatic rings. The fraction of sp³-hybridized carbons (Fsp3) is 0.188. The van der Waals surface area contributed by atoms with Gasteiger partial charge >= 0.3 is 0 Å². The van der Waals surface area contributed by atoms with E-state index in [0.717, 1.165) is 5.56 Å². The molecular formula is C16H18ClN3O. The van der Waals surface area contributed by atoms with Crippen molar-refractivity contribution in [2.24, 2.45) is 0 Å². The van der Waals surface area contributed by atoms with E-state index >= 15 is 0 Å². The number of anilines is 2. The first-order valence-electron chi connectivity index (χ1n) is 6.76. The molecule has 0 spiro atoms. The van der Waals surface area contributed by atoms with E-state index in [4.69, 9.17) is 17.3 Å². The maximum Gasteiger partial charge on any atom is 0.253 e. The Bertz CT molecular complexity index is 643. The van der Waals surface area contributed by atoms with Gasteiger partial charge in [-0.1, -0.05) is 23.7 Å². The van der Waals surface area contributed by atoms with Gasteiger partial charge in [-0.3, -0.25) is 4.79 Å². The highest BCUT2D eigenvalue weighted by molar-refractivity contribution is 6.30. The number of amides is 1. The predicted octanol–water partition coefficient (Wildman–Crippen LogP) is 3.28. The highest BCUT2D eigenvalue weighted by Gasteiger charge is 2.10. The van der Waals surface area contributed by atoms with Crippen molar-refractivity contribution in [1.29, 1.82) is 0 Å². The third-order valence-electron chi connectivity index (χ3n) is 3.00. The van der Waals surface area contributed by atoms with Crippen LogP contribution >= 0.6 is 11.6 Å². The number of rotatable bonds is 5. The van der Waals surface area contributed by atoms with Gasteiger partial charge in [0.05, 0.1) is 5.56 Å². The van der Waals surface area contributed by atoms with Crippen molar-refractivity contribution in [2.75, 3.05) is 17.6 Å². The minimum Gasteiger partial charge on any atom is -0.399 e. The molecule has 0 bridgehead atoms. The maximum absolute atomic E-state index is 12.0. The van der Waals surface area contributed by atoms with Crippen molar-refractivity contribution in [3.63, 3.8) is 0 Å². The summed E-state index contributed by atoms with van der Waals surface area (Å²) < 4.78 is 0. The minimum atomic E-state index is -0.119. The summed E-state index contributed by atoms with van der Waals surface area (Å²) in [5.74, 6) is -0.119. The van der Waals surface area contributed by atoms with Crippen LogP contribution in [0.25, 0.3) is 0 Å². The molecule has 2 rings (SSSR count). The monoisotopic (exact) mass is 303 g/mol. The van der Waals surface area contributed by atoms with E-state index in [9.17, 15) is 4.79 Å². The average Bonchev–Trinajstić information content (AvgIpc) is 2.45. The van der Waals surface area contributed by atoms with Crippen LogP contribution in [0, 0.1) is 0 Å². The Morgan fingerprint density at radius 3 is 2.76 bits per heavy atom. The van der Waals surface area contributed by atoms with E-state index in [-0.39, 0.29) is 5.91 Å². The lowest BCUT2D eigenvalue weighted by Gasteiger charge is -2.13. The van der Waals surface area contributed by atoms with E-state index < -0.39 is 0 Å².